The number of aryl methyl sites for hydroxylation is 1. The second-order valence-corrected chi connectivity index (χ2v) is 8.77. The van der Waals surface area contributed by atoms with E-state index >= 15 is 0 Å². The smallest absolute Gasteiger partial charge is 0.278 e. The van der Waals surface area contributed by atoms with Gasteiger partial charge in [-0.25, -0.2) is 4.39 Å². The van der Waals surface area contributed by atoms with Gasteiger partial charge in [-0.3, -0.25) is 14.5 Å². The third-order valence-electron chi connectivity index (χ3n) is 6.40. The Morgan fingerprint density at radius 2 is 1.53 bits per heavy atom. The molecule has 1 saturated heterocycles. The first kappa shape index (κ1) is 21.9. The highest BCUT2D eigenvalue weighted by Crippen LogP contribution is 2.32. The van der Waals surface area contributed by atoms with E-state index in [-0.39, 0.29) is 12.2 Å². The molecule has 34 heavy (non-hydrogen) atoms. The van der Waals surface area contributed by atoms with Crippen LogP contribution in [0.1, 0.15) is 29.5 Å². The standard InChI is InChI=1S/C28H26FN3O2/c1-19-8-10-20(11-9-19)25-26(30-22-12-14-23(15-13-22)31-16-4-5-17-31)28(34)32(27(25)33)18-21-6-2-3-7-24(21)29/h2-3,6-15,30H,4-5,16-18H2,1H3. The van der Waals surface area contributed by atoms with Gasteiger partial charge in [0.2, 0.25) is 0 Å². The third kappa shape index (κ3) is 4.19. The lowest BCUT2D eigenvalue weighted by Gasteiger charge is -2.18. The monoisotopic (exact) mass is 455 g/mol. The van der Waals surface area contributed by atoms with E-state index in [0.29, 0.717) is 16.7 Å². The first-order chi connectivity index (χ1) is 16.5. The molecule has 1 fully saturated rings. The van der Waals surface area contributed by atoms with Crippen LogP contribution in [-0.2, 0) is 16.1 Å². The highest BCUT2D eigenvalue weighted by atomic mass is 19.1. The predicted octanol–water partition coefficient (Wildman–Crippen LogP) is 5.13. The molecule has 0 spiro atoms. The molecule has 3 aromatic carbocycles. The molecule has 0 bridgehead atoms. The Hall–Kier alpha value is -3.93. The van der Waals surface area contributed by atoms with Crippen molar-refractivity contribution in [2.45, 2.75) is 26.3 Å². The molecular formula is C28H26FN3O2. The Morgan fingerprint density at radius 3 is 2.21 bits per heavy atom. The first-order valence-electron chi connectivity index (χ1n) is 11.5. The maximum absolute atomic E-state index is 14.3. The van der Waals surface area contributed by atoms with Crippen molar-refractivity contribution in [2.75, 3.05) is 23.3 Å². The van der Waals surface area contributed by atoms with Gasteiger partial charge < -0.3 is 10.2 Å². The largest absolute Gasteiger partial charge is 0.372 e. The van der Waals surface area contributed by atoms with Crippen LogP contribution in [0, 0.1) is 12.7 Å². The summed E-state index contributed by atoms with van der Waals surface area (Å²) in [4.78, 5) is 30.3. The van der Waals surface area contributed by atoms with Crippen molar-refractivity contribution in [1.82, 2.24) is 4.90 Å². The molecule has 0 radical (unpaired) electrons. The summed E-state index contributed by atoms with van der Waals surface area (Å²) in [6, 6.07) is 21.6. The number of benzene rings is 3. The number of imide groups is 1. The van der Waals surface area contributed by atoms with Crippen LogP contribution in [-0.4, -0.2) is 29.8 Å². The van der Waals surface area contributed by atoms with Crippen LogP contribution in [0.3, 0.4) is 0 Å². The zero-order valence-electron chi connectivity index (χ0n) is 19.1. The summed E-state index contributed by atoms with van der Waals surface area (Å²) in [5.41, 5.74) is 4.36. The summed E-state index contributed by atoms with van der Waals surface area (Å²) in [5, 5.41) is 3.19. The first-order valence-corrected chi connectivity index (χ1v) is 11.5. The zero-order valence-corrected chi connectivity index (χ0v) is 19.1. The SMILES string of the molecule is Cc1ccc(C2=C(Nc3ccc(N4CCCC4)cc3)C(=O)N(Cc3ccccc3F)C2=O)cc1. The Morgan fingerprint density at radius 1 is 0.853 bits per heavy atom. The number of nitrogens with one attached hydrogen (secondary N) is 1. The summed E-state index contributed by atoms with van der Waals surface area (Å²) in [7, 11) is 0. The molecule has 0 unspecified atom stereocenters. The van der Waals surface area contributed by atoms with Crippen LogP contribution in [0.15, 0.2) is 78.5 Å². The van der Waals surface area contributed by atoms with E-state index in [1.54, 1.807) is 18.2 Å². The van der Waals surface area contributed by atoms with Gasteiger partial charge in [-0.15, -0.1) is 0 Å². The van der Waals surface area contributed by atoms with Gasteiger partial charge in [0.15, 0.2) is 0 Å². The molecule has 2 aliphatic heterocycles. The summed E-state index contributed by atoms with van der Waals surface area (Å²) >= 11 is 0. The van der Waals surface area contributed by atoms with Crippen LogP contribution in [0.5, 0.6) is 0 Å². The molecule has 2 amide bonds. The Bertz CT molecular complexity index is 1260. The van der Waals surface area contributed by atoms with Crippen LogP contribution in [0.4, 0.5) is 15.8 Å². The van der Waals surface area contributed by atoms with Gasteiger partial charge in [-0.1, -0.05) is 48.0 Å². The number of nitrogens with zero attached hydrogens (tertiary/aromatic N) is 2. The van der Waals surface area contributed by atoms with E-state index in [2.05, 4.69) is 10.2 Å². The maximum Gasteiger partial charge on any atom is 0.278 e. The van der Waals surface area contributed by atoms with Gasteiger partial charge in [-0.05, 0) is 55.7 Å². The van der Waals surface area contributed by atoms with Crippen LogP contribution >= 0.6 is 0 Å². The molecule has 0 aromatic heterocycles. The molecule has 5 nitrogen and oxygen atoms in total. The summed E-state index contributed by atoms with van der Waals surface area (Å²) in [6.45, 7) is 3.94. The Labute approximate surface area is 198 Å². The lowest BCUT2D eigenvalue weighted by atomic mass is 10.0. The molecule has 2 aliphatic rings. The fourth-order valence-electron chi connectivity index (χ4n) is 4.50. The van der Waals surface area contributed by atoms with Crippen LogP contribution < -0.4 is 10.2 Å². The fraction of sp³-hybridized carbons (Fsp3) is 0.214. The van der Waals surface area contributed by atoms with Crippen molar-refractivity contribution >= 4 is 28.8 Å². The van der Waals surface area contributed by atoms with E-state index in [1.807, 2.05) is 55.5 Å². The number of rotatable bonds is 6. The summed E-state index contributed by atoms with van der Waals surface area (Å²) in [5.74, 6) is -1.35. The molecule has 6 heteroatoms. The second-order valence-electron chi connectivity index (χ2n) is 8.77. The Balaban J connectivity index is 1.47. The molecule has 0 aliphatic carbocycles. The molecule has 0 saturated carbocycles. The van der Waals surface area contributed by atoms with E-state index in [1.165, 1.54) is 18.9 Å². The zero-order chi connectivity index (χ0) is 23.7. The third-order valence-corrected chi connectivity index (χ3v) is 6.40. The number of carbonyl (C=O) groups is 2. The Kier molecular flexibility index (Phi) is 5.88. The number of carbonyl (C=O) groups excluding carboxylic acids is 2. The predicted molar refractivity (Wildman–Crippen MR) is 132 cm³/mol. The highest BCUT2D eigenvalue weighted by Gasteiger charge is 2.39. The number of hydrogen-bond acceptors (Lipinski definition) is 4. The molecule has 2 heterocycles. The van der Waals surface area contributed by atoms with Crippen molar-refractivity contribution in [3.05, 3.63) is 101 Å². The van der Waals surface area contributed by atoms with E-state index in [9.17, 15) is 14.0 Å². The van der Waals surface area contributed by atoms with Gasteiger partial charge in [0.05, 0.1) is 12.1 Å². The minimum atomic E-state index is -0.465. The molecule has 5 rings (SSSR count). The van der Waals surface area contributed by atoms with Gasteiger partial charge in [-0.2, -0.15) is 0 Å². The van der Waals surface area contributed by atoms with Crippen LogP contribution in [0.2, 0.25) is 0 Å². The topological polar surface area (TPSA) is 52.7 Å². The van der Waals surface area contributed by atoms with Gasteiger partial charge in [0.1, 0.15) is 11.5 Å². The molecule has 172 valence electrons. The van der Waals surface area contributed by atoms with Crippen molar-refractivity contribution in [3.63, 3.8) is 0 Å². The highest BCUT2D eigenvalue weighted by molar-refractivity contribution is 6.36. The summed E-state index contributed by atoms with van der Waals surface area (Å²) < 4.78 is 14.3. The van der Waals surface area contributed by atoms with Crippen LogP contribution in [0.25, 0.3) is 5.57 Å². The molecular weight excluding hydrogens is 429 g/mol. The van der Waals surface area contributed by atoms with Gasteiger partial charge in [0.25, 0.3) is 11.8 Å². The number of halogens is 1. The molecule has 1 N–H and O–H groups in total. The molecule has 3 aromatic rings. The van der Waals surface area contributed by atoms with E-state index in [0.717, 1.165) is 34.9 Å². The van der Waals surface area contributed by atoms with Crippen molar-refractivity contribution in [2.24, 2.45) is 0 Å². The number of hydrogen-bond donors (Lipinski definition) is 1. The average Bonchev–Trinajstić information content (AvgIpc) is 3.46. The molecule has 0 atom stereocenters. The van der Waals surface area contributed by atoms with Gasteiger partial charge in [0, 0.05) is 30.0 Å². The van der Waals surface area contributed by atoms with Crippen molar-refractivity contribution in [3.8, 4) is 0 Å². The summed E-state index contributed by atoms with van der Waals surface area (Å²) in [6.07, 6.45) is 2.39. The fourth-order valence-corrected chi connectivity index (χ4v) is 4.50. The minimum Gasteiger partial charge on any atom is -0.372 e. The number of anilines is 2. The minimum absolute atomic E-state index is 0.126. The van der Waals surface area contributed by atoms with Crippen molar-refractivity contribution < 1.29 is 14.0 Å². The van der Waals surface area contributed by atoms with Gasteiger partial charge >= 0.3 is 0 Å². The second kappa shape index (κ2) is 9.14. The van der Waals surface area contributed by atoms with E-state index in [4.69, 9.17) is 0 Å². The maximum atomic E-state index is 14.3. The number of amides is 2. The lowest BCUT2D eigenvalue weighted by Crippen LogP contribution is -2.32. The average molecular weight is 456 g/mol. The lowest BCUT2D eigenvalue weighted by molar-refractivity contribution is -0.137. The van der Waals surface area contributed by atoms with E-state index < -0.39 is 17.6 Å². The normalized spacial score (nSPS) is 16.1. The van der Waals surface area contributed by atoms with Crippen molar-refractivity contribution in [1.29, 1.82) is 0 Å². The quantitative estimate of drug-likeness (QED) is 0.524.